The lowest BCUT2D eigenvalue weighted by Crippen LogP contribution is -2.44. The van der Waals surface area contributed by atoms with Crippen LogP contribution in [0.15, 0.2) is 65.7 Å². The van der Waals surface area contributed by atoms with Gasteiger partial charge < -0.3 is 14.8 Å². The van der Waals surface area contributed by atoms with Crippen molar-refractivity contribution in [3.8, 4) is 11.5 Å². The van der Waals surface area contributed by atoms with Crippen LogP contribution in [0.3, 0.4) is 0 Å². The van der Waals surface area contributed by atoms with Crippen LogP contribution in [0.4, 0.5) is 11.4 Å². The van der Waals surface area contributed by atoms with Gasteiger partial charge in [0.1, 0.15) is 5.25 Å². The summed E-state index contributed by atoms with van der Waals surface area (Å²) in [5.74, 6) is 0.787. The Balaban J connectivity index is 1.41. The number of nitrogens with zero attached hydrogens (tertiary/aromatic N) is 2. The van der Waals surface area contributed by atoms with Crippen LogP contribution in [0.5, 0.6) is 11.5 Å². The molecule has 184 valence electrons. The summed E-state index contributed by atoms with van der Waals surface area (Å²) < 4.78 is 10.9. The molecule has 7 nitrogen and oxygen atoms in total. The fourth-order valence-electron chi connectivity index (χ4n) is 3.77. The van der Waals surface area contributed by atoms with Crippen molar-refractivity contribution in [2.24, 2.45) is 4.99 Å². The van der Waals surface area contributed by atoms with Crippen molar-refractivity contribution in [1.82, 2.24) is 4.90 Å². The molecule has 10 heteroatoms. The van der Waals surface area contributed by atoms with E-state index in [0.717, 1.165) is 11.1 Å². The van der Waals surface area contributed by atoms with Crippen LogP contribution < -0.4 is 14.8 Å². The fourth-order valence-corrected chi connectivity index (χ4v) is 5.23. The molecule has 36 heavy (non-hydrogen) atoms. The Kier molecular flexibility index (Phi) is 7.09. The maximum atomic E-state index is 13.3. The Morgan fingerprint density at radius 1 is 1.11 bits per heavy atom. The number of hydrogen-bond acceptors (Lipinski definition) is 6. The number of hydrogen-bond donors (Lipinski definition) is 1. The molecule has 0 saturated carbocycles. The minimum Gasteiger partial charge on any atom is -0.454 e. The summed E-state index contributed by atoms with van der Waals surface area (Å²) in [6.07, 6.45) is 0.0230. The van der Waals surface area contributed by atoms with E-state index in [9.17, 15) is 9.59 Å². The summed E-state index contributed by atoms with van der Waals surface area (Å²) in [4.78, 5) is 32.7. The number of aliphatic imine (C=N–C) groups is 1. The highest BCUT2D eigenvalue weighted by Gasteiger charge is 2.36. The molecule has 2 amide bonds. The predicted molar refractivity (Wildman–Crippen MR) is 142 cm³/mol. The number of fused-ring (bicyclic) bond motifs is 1. The van der Waals surface area contributed by atoms with Gasteiger partial charge >= 0.3 is 0 Å². The lowest BCUT2D eigenvalue weighted by Gasteiger charge is -2.32. The van der Waals surface area contributed by atoms with Crippen molar-refractivity contribution in [2.75, 3.05) is 12.1 Å². The number of thioether (sulfide) groups is 1. The minimum atomic E-state index is -0.663. The van der Waals surface area contributed by atoms with Crippen LogP contribution in [-0.4, -0.2) is 33.9 Å². The number of amidine groups is 1. The molecular formula is C26H21Cl2N3O4S. The Morgan fingerprint density at radius 3 is 2.75 bits per heavy atom. The van der Waals surface area contributed by atoms with Crippen molar-refractivity contribution in [2.45, 2.75) is 25.1 Å². The summed E-state index contributed by atoms with van der Waals surface area (Å²) in [6, 6.07) is 17.9. The summed E-state index contributed by atoms with van der Waals surface area (Å²) in [6.45, 7) is 2.32. The van der Waals surface area contributed by atoms with Gasteiger partial charge in [0.15, 0.2) is 16.7 Å². The van der Waals surface area contributed by atoms with Crippen molar-refractivity contribution < 1.29 is 19.1 Å². The van der Waals surface area contributed by atoms with Gasteiger partial charge in [-0.1, -0.05) is 53.2 Å². The van der Waals surface area contributed by atoms with E-state index >= 15 is 0 Å². The number of ether oxygens (including phenoxy) is 2. The second-order valence-electron chi connectivity index (χ2n) is 8.31. The zero-order chi connectivity index (χ0) is 25.2. The van der Waals surface area contributed by atoms with E-state index in [1.807, 2.05) is 31.2 Å². The van der Waals surface area contributed by atoms with Crippen LogP contribution in [-0.2, 0) is 16.1 Å². The summed E-state index contributed by atoms with van der Waals surface area (Å²) in [5, 5.41) is 3.69. The Bertz CT molecular complexity index is 1380. The molecular weight excluding hydrogens is 521 g/mol. The van der Waals surface area contributed by atoms with Gasteiger partial charge in [-0.25, -0.2) is 4.99 Å². The van der Waals surface area contributed by atoms with E-state index in [1.165, 1.54) is 11.8 Å². The van der Waals surface area contributed by atoms with Crippen molar-refractivity contribution in [3.05, 3.63) is 81.8 Å². The van der Waals surface area contributed by atoms with Gasteiger partial charge in [-0.05, 0) is 60.5 Å². The highest BCUT2D eigenvalue weighted by Crippen LogP contribution is 2.35. The molecule has 5 rings (SSSR count). The molecule has 2 aliphatic rings. The van der Waals surface area contributed by atoms with Gasteiger partial charge in [0.2, 0.25) is 18.6 Å². The molecule has 3 aromatic rings. The Labute approximate surface area is 222 Å². The number of nitrogens with one attached hydrogen (secondary N) is 1. The number of rotatable bonds is 5. The normalized spacial score (nSPS) is 18.0. The van der Waals surface area contributed by atoms with Crippen LogP contribution in [0.1, 0.15) is 17.5 Å². The lowest BCUT2D eigenvalue weighted by atomic mass is 10.1. The van der Waals surface area contributed by atoms with Gasteiger partial charge in [0.05, 0.1) is 12.2 Å². The van der Waals surface area contributed by atoms with E-state index in [2.05, 4.69) is 10.3 Å². The predicted octanol–water partition coefficient (Wildman–Crippen LogP) is 6.19. The first-order chi connectivity index (χ1) is 17.4. The number of carbonyl (C=O) groups is 2. The first-order valence-electron chi connectivity index (χ1n) is 11.1. The summed E-state index contributed by atoms with van der Waals surface area (Å²) in [5.41, 5.74) is 2.91. The number of benzene rings is 3. The third kappa shape index (κ3) is 5.46. The molecule has 1 N–H and O–H groups in total. The number of anilines is 1. The molecule has 1 atom stereocenters. The average Bonchev–Trinajstić information content (AvgIpc) is 3.31. The molecule has 0 spiro atoms. The quantitative estimate of drug-likeness (QED) is 0.416. The number of amides is 2. The average molecular weight is 542 g/mol. The number of halogens is 2. The molecule has 0 aromatic heterocycles. The molecule has 0 aliphatic carbocycles. The molecule has 2 aliphatic heterocycles. The van der Waals surface area contributed by atoms with Gasteiger partial charge in [-0.2, -0.15) is 0 Å². The van der Waals surface area contributed by atoms with Gasteiger partial charge in [-0.3, -0.25) is 14.5 Å². The topological polar surface area (TPSA) is 80.2 Å². The van der Waals surface area contributed by atoms with E-state index in [-0.39, 0.29) is 31.6 Å². The molecule has 3 aromatic carbocycles. The second-order valence-corrected chi connectivity index (χ2v) is 10.3. The zero-order valence-electron chi connectivity index (χ0n) is 19.2. The maximum absolute atomic E-state index is 13.3. The van der Waals surface area contributed by atoms with Crippen LogP contribution in [0.25, 0.3) is 0 Å². The van der Waals surface area contributed by atoms with Crippen LogP contribution >= 0.6 is 35.0 Å². The molecule has 2 heterocycles. The molecule has 0 bridgehead atoms. The van der Waals surface area contributed by atoms with Crippen LogP contribution in [0.2, 0.25) is 10.0 Å². The minimum absolute atomic E-state index is 0.0230. The molecule has 1 unspecified atom stereocenters. The van der Waals surface area contributed by atoms with E-state index in [1.54, 1.807) is 41.3 Å². The smallest absolute Gasteiger partial charge is 0.238 e. The van der Waals surface area contributed by atoms with Gasteiger partial charge in [0.25, 0.3) is 0 Å². The summed E-state index contributed by atoms with van der Waals surface area (Å²) in [7, 11) is 0. The molecule has 0 radical (unpaired) electrons. The van der Waals surface area contributed by atoms with Crippen molar-refractivity contribution in [3.63, 3.8) is 0 Å². The third-order valence-corrected chi connectivity index (χ3v) is 7.51. The first-order valence-corrected chi connectivity index (χ1v) is 12.8. The van der Waals surface area contributed by atoms with Crippen molar-refractivity contribution >= 4 is 63.3 Å². The lowest BCUT2D eigenvalue weighted by molar-refractivity contribution is -0.129. The Morgan fingerprint density at radius 2 is 1.94 bits per heavy atom. The Hall–Kier alpha value is -3.20. The number of carbonyl (C=O) groups excluding carboxylic acids is 2. The monoisotopic (exact) mass is 541 g/mol. The maximum Gasteiger partial charge on any atom is 0.238 e. The summed E-state index contributed by atoms with van der Waals surface area (Å²) >= 11 is 13.6. The fraction of sp³-hybridized carbons (Fsp3) is 0.192. The second kappa shape index (κ2) is 10.4. The standard InChI is InChI=1S/C26H21Cl2N3O4S/c1-15-5-7-19(11-20(15)28)29-25(33)23-12-24(32)31(13-16-6-8-21-22(9-16)35-14-34-21)26(36-23)30-18-4-2-3-17(27)10-18/h2-11,23H,12-14H2,1H3,(H,29,33). The van der Waals surface area contributed by atoms with E-state index in [4.69, 9.17) is 32.7 Å². The molecule has 1 fully saturated rings. The number of aryl methyl sites for hydroxylation is 1. The van der Waals surface area contributed by atoms with Crippen LogP contribution in [0, 0.1) is 6.92 Å². The highest BCUT2D eigenvalue weighted by atomic mass is 35.5. The molecule has 1 saturated heterocycles. The largest absolute Gasteiger partial charge is 0.454 e. The van der Waals surface area contributed by atoms with E-state index < -0.39 is 5.25 Å². The SMILES string of the molecule is Cc1ccc(NC(=O)C2CC(=O)N(Cc3ccc4c(c3)OCO4)C(=Nc3cccc(Cl)c3)S2)cc1Cl. The van der Waals surface area contributed by atoms with E-state index in [0.29, 0.717) is 38.1 Å². The third-order valence-electron chi connectivity index (χ3n) is 5.68. The van der Waals surface area contributed by atoms with Crippen molar-refractivity contribution in [1.29, 1.82) is 0 Å². The highest BCUT2D eigenvalue weighted by molar-refractivity contribution is 8.15. The van der Waals surface area contributed by atoms with Gasteiger partial charge in [-0.15, -0.1) is 0 Å². The zero-order valence-corrected chi connectivity index (χ0v) is 21.5. The van der Waals surface area contributed by atoms with Gasteiger partial charge in [0, 0.05) is 22.2 Å². The first kappa shape index (κ1) is 24.5.